The van der Waals surface area contributed by atoms with E-state index in [9.17, 15) is 4.79 Å². The lowest BCUT2D eigenvalue weighted by molar-refractivity contribution is 0.0935. The Labute approximate surface area is 149 Å². The lowest BCUT2D eigenvalue weighted by atomic mass is 10.1. The van der Waals surface area contributed by atoms with Crippen molar-refractivity contribution in [3.63, 3.8) is 0 Å². The number of nitrogens with zero attached hydrogens (tertiary/aromatic N) is 2. The van der Waals surface area contributed by atoms with Gasteiger partial charge in [-0.15, -0.1) is 12.4 Å². The van der Waals surface area contributed by atoms with E-state index in [-0.39, 0.29) is 24.4 Å². The molecule has 6 heteroatoms. The number of aromatic nitrogens is 2. The van der Waals surface area contributed by atoms with Crippen molar-refractivity contribution in [1.82, 2.24) is 15.1 Å². The minimum absolute atomic E-state index is 0. The summed E-state index contributed by atoms with van der Waals surface area (Å²) >= 11 is 0. The molecule has 3 N–H and O–H groups in total. The summed E-state index contributed by atoms with van der Waals surface area (Å²) in [5.74, 6) is -0.120. The average Bonchev–Trinajstić information content (AvgIpc) is 3.17. The van der Waals surface area contributed by atoms with Gasteiger partial charge in [-0.2, -0.15) is 5.10 Å². The van der Waals surface area contributed by atoms with Gasteiger partial charge in [-0.1, -0.05) is 19.1 Å². The normalized spacial score (nSPS) is 14.0. The van der Waals surface area contributed by atoms with E-state index >= 15 is 0 Å². The van der Waals surface area contributed by atoms with Crippen LogP contribution in [0.1, 0.15) is 47.6 Å². The Balaban J connectivity index is 0.00000208. The van der Waals surface area contributed by atoms with Gasteiger partial charge >= 0.3 is 0 Å². The maximum Gasteiger partial charge on any atom is 0.272 e. The number of carbonyl (C=O) groups is 1. The molecule has 1 atom stereocenters. The largest absolute Gasteiger partial charge is 0.347 e. The number of amides is 1. The summed E-state index contributed by atoms with van der Waals surface area (Å²) in [6, 6.07) is 8.35. The molecule has 1 aromatic heterocycles. The van der Waals surface area contributed by atoms with Crippen molar-refractivity contribution < 1.29 is 4.79 Å². The van der Waals surface area contributed by atoms with Crippen LogP contribution in [0.5, 0.6) is 0 Å². The van der Waals surface area contributed by atoms with Gasteiger partial charge in [-0.05, 0) is 50.3 Å². The predicted molar refractivity (Wildman–Crippen MR) is 98.2 cm³/mol. The van der Waals surface area contributed by atoms with Gasteiger partial charge in [-0.3, -0.25) is 4.79 Å². The summed E-state index contributed by atoms with van der Waals surface area (Å²) in [5, 5.41) is 7.53. The maximum absolute atomic E-state index is 12.5. The summed E-state index contributed by atoms with van der Waals surface area (Å²) in [7, 11) is 0. The Hall–Kier alpha value is -1.85. The van der Waals surface area contributed by atoms with E-state index in [0.29, 0.717) is 12.2 Å². The molecule has 3 rings (SSSR count). The number of carbonyl (C=O) groups excluding carboxylic acids is 1. The van der Waals surface area contributed by atoms with Crippen molar-refractivity contribution in [2.24, 2.45) is 5.73 Å². The van der Waals surface area contributed by atoms with E-state index < -0.39 is 0 Å². The smallest absolute Gasteiger partial charge is 0.272 e. The third-order valence-electron chi connectivity index (χ3n) is 4.47. The molecule has 130 valence electrons. The van der Waals surface area contributed by atoms with Crippen LogP contribution in [0.2, 0.25) is 0 Å². The van der Waals surface area contributed by atoms with Gasteiger partial charge in [0.1, 0.15) is 0 Å². The van der Waals surface area contributed by atoms with Crippen LogP contribution in [0.15, 0.2) is 24.3 Å². The monoisotopic (exact) mass is 348 g/mol. The number of nitrogens with one attached hydrogen (secondary N) is 1. The summed E-state index contributed by atoms with van der Waals surface area (Å²) in [6.07, 6.45) is 3.98. The van der Waals surface area contributed by atoms with Crippen molar-refractivity contribution in [3.8, 4) is 5.69 Å². The molecule has 1 amide bonds. The third-order valence-corrected chi connectivity index (χ3v) is 4.47. The lowest BCUT2D eigenvalue weighted by Gasteiger charge is -2.10. The maximum atomic E-state index is 12.5. The zero-order chi connectivity index (χ0) is 16.4. The van der Waals surface area contributed by atoms with Crippen LogP contribution >= 0.6 is 12.4 Å². The standard InChI is InChI=1S/C18H24N4O.ClH/c1-3-13-7-9-14(10-8-13)22-16-6-4-5-15(16)17(21-22)18(23)20-12(2)11-19;/h7-10,12H,3-6,11,19H2,1-2H3,(H,20,23);1H/t12-;/m0./s1. The summed E-state index contributed by atoms with van der Waals surface area (Å²) in [6.45, 7) is 4.47. The van der Waals surface area contributed by atoms with E-state index in [2.05, 4.69) is 41.6 Å². The van der Waals surface area contributed by atoms with E-state index in [1.807, 2.05) is 11.6 Å². The van der Waals surface area contributed by atoms with Gasteiger partial charge in [0.25, 0.3) is 5.91 Å². The third kappa shape index (κ3) is 3.47. The van der Waals surface area contributed by atoms with Crippen molar-refractivity contribution in [3.05, 3.63) is 46.8 Å². The number of benzene rings is 1. The van der Waals surface area contributed by atoms with Crippen LogP contribution in [0.4, 0.5) is 0 Å². The molecular weight excluding hydrogens is 324 g/mol. The molecular formula is C18H25ClN4O. The first-order valence-electron chi connectivity index (χ1n) is 8.35. The van der Waals surface area contributed by atoms with Crippen LogP contribution in [0.3, 0.4) is 0 Å². The first-order chi connectivity index (χ1) is 11.1. The van der Waals surface area contributed by atoms with Crippen molar-refractivity contribution in [1.29, 1.82) is 0 Å². The van der Waals surface area contributed by atoms with Crippen molar-refractivity contribution in [2.45, 2.75) is 45.6 Å². The van der Waals surface area contributed by atoms with E-state index in [1.54, 1.807) is 0 Å². The minimum atomic E-state index is -0.120. The van der Waals surface area contributed by atoms with Gasteiger partial charge < -0.3 is 11.1 Å². The topological polar surface area (TPSA) is 72.9 Å². The molecule has 1 aromatic carbocycles. The summed E-state index contributed by atoms with van der Waals surface area (Å²) in [5.41, 5.74) is 10.7. The highest BCUT2D eigenvalue weighted by atomic mass is 35.5. The number of nitrogens with two attached hydrogens (primary N) is 1. The highest BCUT2D eigenvalue weighted by Gasteiger charge is 2.27. The highest BCUT2D eigenvalue weighted by Crippen LogP contribution is 2.28. The fourth-order valence-corrected chi connectivity index (χ4v) is 3.06. The van der Waals surface area contributed by atoms with Crippen LogP contribution in [-0.4, -0.2) is 28.3 Å². The van der Waals surface area contributed by atoms with Gasteiger partial charge in [0, 0.05) is 23.8 Å². The quantitative estimate of drug-likeness (QED) is 0.871. The Morgan fingerprint density at radius 1 is 1.33 bits per heavy atom. The molecule has 1 heterocycles. The van der Waals surface area contributed by atoms with Gasteiger partial charge in [0.15, 0.2) is 5.69 Å². The van der Waals surface area contributed by atoms with E-state index in [4.69, 9.17) is 5.73 Å². The molecule has 1 aliphatic rings. The Kier molecular flexibility index (Phi) is 6.02. The molecule has 5 nitrogen and oxygen atoms in total. The Morgan fingerprint density at radius 2 is 2.04 bits per heavy atom. The molecule has 0 saturated heterocycles. The molecule has 0 unspecified atom stereocenters. The molecule has 24 heavy (non-hydrogen) atoms. The summed E-state index contributed by atoms with van der Waals surface area (Å²) < 4.78 is 1.93. The van der Waals surface area contributed by atoms with Crippen molar-refractivity contribution >= 4 is 18.3 Å². The summed E-state index contributed by atoms with van der Waals surface area (Å²) in [4.78, 5) is 12.5. The number of hydrogen-bond donors (Lipinski definition) is 2. The number of halogens is 1. The van der Waals surface area contributed by atoms with Crippen LogP contribution in [0.25, 0.3) is 5.69 Å². The molecule has 2 aromatic rings. The van der Waals surface area contributed by atoms with Gasteiger partial charge in [0.2, 0.25) is 0 Å². The number of aryl methyl sites for hydroxylation is 1. The average molecular weight is 349 g/mol. The molecule has 0 fully saturated rings. The zero-order valence-electron chi connectivity index (χ0n) is 14.2. The minimum Gasteiger partial charge on any atom is -0.347 e. The fourth-order valence-electron chi connectivity index (χ4n) is 3.06. The first-order valence-corrected chi connectivity index (χ1v) is 8.35. The molecule has 1 aliphatic carbocycles. The van der Waals surface area contributed by atoms with Gasteiger partial charge in [0.05, 0.1) is 5.69 Å². The van der Waals surface area contributed by atoms with Crippen LogP contribution in [-0.2, 0) is 19.3 Å². The van der Waals surface area contributed by atoms with E-state index in [1.165, 1.54) is 11.3 Å². The predicted octanol–water partition coefficient (Wildman–Crippen LogP) is 2.42. The Bertz CT molecular complexity index is 709. The Morgan fingerprint density at radius 3 is 2.67 bits per heavy atom. The molecule has 0 saturated carbocycles. The molecule has 0 bridgehead atoms. The number of hydrogen-bond acceptors (Lipinski definition) is 3. The molecule has 0 spiro atoms. The first kappa shape index (κ1) is 18.5. The fraction of sp³-hybridized carbons (Fsp3) is 0.444. The van der Waals surface area contributed by atoms with Crippen molar-refractivity contribution in [2.75, 3.05) is 6.54 Å². The SMILES string of the molecule is CCc1ccc(-n2nc(C(=O)N[C@@H](C)CN)c3c2CCC3)cc1.Cl. The van der Waals surface area contributed by atoms with E-state index in [0.717, 1.165) is 36.9 Å². The van der Waals surface area contributed by atoms with Crippen LogP contribution < -0.4 is 11.1 Å². The number of rotatable bonds is 5. The molecule has 0 aliphatic heterocycles. The zero-order valence-corrected chi connectivity index (χ0v) is 15.0. The lowest BCUT2D eigenvalue weighted by Crippen LogP contribution is -2.38. The highest BCUT2D eigenvalue weighted by molar-refractivity contribution is 5.94. The number of fused-ring (bicyclic) bond motifs is 1. The molecule has 0 radical (unpaired) electrons. The second-order valence-corrected chi connectivity index (χ2v) is 6.17. The second kappa shape index (κ2) is 7.81. The van der Waals surface area contributed by atoms with Crippen LogP contribution in [0, 0.1) is 0 Å². The second-order valence-electron chi connectivity index (χ2n) is 6.17. The van der Waals surface area contributed by atoms with Gasteiger partial charge in [-0.25, -0.2) is 4.68 Å².